The Labute approximate surface area is 153 Å². The molecule has 0 spiro atoms. The number of rotatable bonds is 4. The summed E-state index contributed by atoms with van der Waals surface area (Å²) >= 11 is 9.54. The highest BCUT2D eigenvalue weighted by atomic mass is 79.9. The van der Waals surface area contributed by atoms with Crippen LogP contribution in [0, 0.1) is 0 Å². The van der Waals surface area contributed by atoms with Gasteiger partial charge in [-0.05, 0) is 42.3 Å². The van der Waals surface area contributed by atoms with Gasteiger partial charge in [0.2, 0.25) is 11.8 Å². The van der Waals surface area contributed by atoms with Gasteiger partial charge in [0.1, 0.15) is 6.04 Å². The van der Waals surface area contributed by atoms with Crippen molar-refractivity contribution in [2.24, 2.45) is 0 Å². The molecule has 24 heavy (non-hydrogen) atoms. The quantitative estimate of drug-likeness (QED) is 0.824. The van der Waals surface area contributed by atoms with E-state index >= 15 is 0 Å². The monoisotopic (exact) mass is 406 g/mol. The molecule has 1 N–H and O–H groups in total. The number of benzene rings is 2. The van der Waals surface area contributed by atoms with E-state index in [1.807, 2.05) is 42.5 Å². The second-order valence-electron chi connectivity index (χ2n) is 5.66. The molecule has 0 radical (unpaired) electrons. The minimum atomic E-state index is -0.475. The largest absolute Gasteiger partial charge is 0.326 e. The second-order valence-corrected chi connectivity index (χ2v) is 6.99. The van der Waals surface area contributed by atoms with Crippen LogP contribution in [0.15, 0.2) is 53.0 Å². The molecule has 3 rings (SSSR count). The zero-order valence-corrected chi connectivity index (χ0v) is 15.2. The maximum Gasteiger partial charge on any atom is 0.247 e. The smallest absolute Gasteiger partial charge is 0.247 e. The zero-order chi connectivity index (χ0) is 17.1. The molecule has 1 heterocycles. The predicted octanol–water partition coefficient (Wildman–Crippen LogP) is 4.23. The molecule has 0 unspecified atom stereocenters. The first kappa shape index (κ1) is 17.0. The van der Waals surface area contributed by atoms with Crippen molar-refractivity contribution in [3.05, 3.63) is 63.6 Å². The Balaban J connectivity index is 1.73. The number of carbonyl (C=O) groups excluding carboxylic acids is 2. The molecule has 2 amide bonds. The van der Waals surface area contributed by atoms with Crippen molar-refractivity contribution in [3.8, 4) is 0 Å². The lowest BCUT2D eigenvalue weighted by atomic mass is 10.1. The number of hydrogen-bond donors (Lipinski definition) is 1. The molecule has 1 aliphatic heterocycles. The molecule has 2 aromatic carbocycles. The molecule has 6 heteroatoms. The summed E-state index contributed by atoms with van der Waals surface area (Å²) in [5, 5.41) is 3.48. The summed E-state index contributed by atoms with van der Waals surface area (Å²) in [5.74, 6) is -0.193. The summed E-state index contributed by atoms with van der Waals surface area (Å²) < 4.78 is 0.942. The lowest BCUT2D eigenvalue weighted by molar-refractivity contribution is -0.133. The minimum Gasteiger partial charge on any atom is -0.326 e. The average molecular weight is 408 g/mol. The number of hydrogen-bond acceptors (Lipinski definition) is 2. The Bertz CT molecular complexity index is 764. The summed E-state index contributed by atoms with van der Waals surface area (Å²) in [4.78, 5) is 26.4. The van der Waals surface area contributed by atoms with E-state index in [0.29, 0.717) is 30.1 Å². The fourth-order valence-corrected chi connectivity index (χ4v) is 3.23. The van der Waals surface area contributed by atoms with Crippen molar-refractivity contribution in [1.82, 2.24) is 4.90 Å². The number of likely N-dealkylation sites (tertiary alicyclic amines) is 1. The van der Waals surface area contributed by atoms with Gasteiger partial charge in [-0.25, -0.2) is 0 Å². The first-order valence-electron chi connectivity index (χ1n) is 7.64. The van der Waals surface area contributed by atoms with Gasteiger partial charge in [-0.3, -0.25) is 9.59 Å². The van der Waals surface area contributed by atoms with Crippen LogP contribution in [-0.2, 0) is 16.1 Å². The van der Waals surface area contributed by atoms with Gasteiger partial charge < -0.3 is 10.2 Å². The van der Waals surface area contributed by atoms with Gasteiger partial charge in [-0.15, -0.1) is 0 Å². The van der Waals surface area contributed by atoms with Crippen molar-refractivity contribution in [2.75, 3.05) is 5.32 Å². The summed E-state index contributed by atoms with van der Waals surface area (Å²) in [5.41, 5.74) is 1.55. The summed E-state index contributed by atoms with van der Waals surface area (Å²) in [6, 6.07) is 14.2. The number of anilines is 1. The molecular weight excluding hydrogens is 392 g/mol. The van der Waals surface area contributed by atoms with E-state index < -0.39 is 6.04 Å². The number of halogens is 2. The Hall–Kier alpha value is -1.85. The van der Waals surface area contributed by atoms with Crippen LogP contribution in [-0.4, -0.2) is 22.8 Å². The van der Waals surface area contributed by atoms with E-state index in [2.05, 4.69) is 21.2 Å². The topological polar surface area (TPSA) is 49.4 Å². The van der Waals surface area contributed by atoms with Crippen LogP contribution in [0.25, 0.3) is 0 Å². The van der Waals surface area contributed by atoms with Gasteiger partial charge in [0.15, 0.2) is 0 Å². The second kappa shape index (κ2) is 7.36. The fourth-order valence-electron chi connectivity index (χ4n) is 2.77. The van der Waals surface area contributed by atoms with E-state index in [1.54, 1.807) is 11.0 Å². The number of nitrogens with one attached hydrogen (secondary N) is 1. The van der Waals surface area contributed by atoms with Gasteiger partial charge in [-0.1, -0.05) is 45.7 Å². The highest BCUT2D eigenvalue weighted by Crippen LogP contribution is 2.26. The van der Waals surface area contributed by atoms with Crippen molar-refractivity contribution >= 4 is 45.0 Å². The molecule has 0 aliphatic carbocycles. The van der Waals surface area contributed by atoms with Crippen LogP contribution in [0.4, 0.5) is 5.69 Å². The molecule has 1 fully saturated rings. The van der Waals surface area contributed by atoms with E-state index in [0.717, 1.165) is 10.0 Å². The van der Waals surface area contributed by atoms with Crippen LogP contribution in [0.2, 0.25) is 5.02 Å². The Morgan fingerprint density at radius 2 is 1.92 bits per heavy atom. The van der Waals surface area contributed by atoms with Crippen LogP contribution in [0.3, 0.4) is 0 Å². The van der Waals surface area contributed by atoms with Gasteiger partial charge >= 0.3 is 0 Å². The molecule has 1 atom stereocenters. The normalized spacial score (nSPS) is 17.2. The van der Waals surface area contributed by atoms with Crippen molar-refractivity contribution in [2.45, 2.75) is 25.4 Å². The van der Waals surface area contributed by atoms with Crippen LogP contribution in [0.1, 0.15) is 18.4 Å². The number of amides is 2. The molecule has 4 nitrogen and oxygen atoms in total. The molecule has 0 saturated carbocycles. The third-order valence-corrected chi connectivity index (χ3v) is 4.94. The lowest BCUT2D eigenvalue weighted by Gasteiger charge is -2.24. The van der Waals surface area contributed by atoms with E-state index in [4.69, 9.17) is 11.6 Å². The Kier molecular flexibility index (Phi) is 5.21. The highest BCUT2D eigenvalue weighted by Gasteiger charge is 2.36. The van der Waals surface area contributed by atoms with Gasteiger partial charge in [0.05, 0.1) is 0 Å². The maximum absolute atomic E-state index is 12.6. The first-order valence-corrected chi connectivity index (χ1v) is 8.81. The molecule has 0 bridgehead atoms. The molecule has 2 aromatic rings. The maximum atomic E-state index is 12.6. The lowest BCUT2D eigenvalue weighted by Crippen LogP contribution is -2.41. The van der Waals surface area contributed by atoms with Crippen molar-refractivity contribution < 1.29 is 9.59 Å². The fraction of sp³-hybridized carbons (Fsp3) is 0.222. The zero-order valence-electron chi connectivity index (χ0n) is 12.8. The van der Waals surface area contributed by atoms with Crippen LogP contribution < -0.4 is 5.32 Å². The SMILES string of the molecule is O=C(Nc1ccc(Br)cc1)[C@@H]1CCC(=O)N1Cc1ccccc1Cl. The Morgan fingerprint density at radius 3 is 2.62 bits per heavy atom. The Morgan fingerprint density at radius 1 is 1.21 bits per heavy atom. The number of nitrogens with zero attached hydrogens (tertiary/aromatic N) is 1. The highest BCUT2D eigenvalue weighted by molar-refractivity contribution is 9.10. The van der Waals surface area contributed by atoms with Gasteiger partial charge in [-0.2, -0.15) is 0 Å². The first-order chi connectivity index (χ1) is 11.5. The number of carbonyl (C=O) groups is 2. The third-order valence-electron chi connectivity index (χ3n) is 4.04. The summed E-state index contributed by atoms with van der Waals surface area (Å²) in [6.07, 6.45) is 0.897. The standard InChI is InChI=1S/C18H16BrClN2O2/c19-13-5-7-14(8-6-13)21-18(24)16-9-10-17(23)22(16)11-12-3-1-2-4-15(12)20/h1-8,16H,9-11H2,(H,21,24)/t16-/m0/s1. The minimum absolute atomic E-state index is 0.0223. The van der Waals surface area contributed by atoms with E-state index in [1.165, 1.54) is 0 Å². The molecule has 1 aliphatic rings. The van der Waals surface area contributed by atoms with Crippen molar-refractivity contribution in [3.63, 3.8) is 0 Å². The van der Waals surface area contributed by atoms with E-state index in [9.17, 15) is 9.59 Å². The van der Waals surface area contributed by atoms with Gasteiger partial charge in [0, 0.05) is 28.1 Å². The summed E-state index contributed by atoms with van der Waals surface area (Å²) in [7, 11) is 0. The molecule has 1 saturated heterocycles. The molecule has 0 aromatic heterocycles. The average Bonchev–Trinajstić information content (AvgIpc) is 2.93. The predicted molar refractivity (Wildman–Crippen MR) is 97.8 cm³/mol. The third kappa shape index (κ3) is 3.79. The van der Waals surface area contributed by atoms with Gasteiger partial charge in [0.25, 0.3) is 0 Å². The summed E-state index contributed by atoms with van der Waals surface area (Å²) in [6.45, 7) is 0.344. The van der Waals surface area contributed by atoms with Crippen molar-refractivity contribution in [1.29, 1.82) is 0 Å². The van der Waals surface area contributed by atoms with Crippen LogP contribution in [0.5, 0.6) is 0 Å². The van der Waals surface area contributed by atoms with Crippen LogP contribution >= 0.6 is 27.5 Å². The molecular formula is C18H16BrClN2O2. The molecule has 124 valence electrons. The van der Waals surface area contributed by atoms with E-state index in [-0.39, 0.29) is 11.8 Å².